The van der Waals surface area contributed by atoms with Crippen molar-refractivity contribution >= 4 is 17.7 Å². The molecule has 2 N–H and O–H groups in total. The molecule has 2 heterocycles. The van der Waals surface area contributed by atoms with Crippen LogP contribution in [0.4, 0.5) is 5.69 Å². The molecule has 1 aromatic carbocycles. The van der Waals surface area contributed by atoms with Gasteiger partial charge in [0.15, 0.2) is 11.5 Å². The van der Waals surface area contributed by atoms with Crippen molar-refractivity contribution in [2.75, 3.05) is 18.5 Å². The summed E-state index contributed by atoms with van der Waals surface area (Å²) < 4.78 is 10.9. The fourth-order valence-electron chi connectivity index (χ4n) is 2.11. The molecule has 0 spiro atoms. The van der Waals surface area contributed by atoms with Crippen molar-refractivity contribution in [3.63, 3.8) is 0 Å². The molecule has 0 aliphatic carbocycles. The van der Waals surface area contributed by atoms with Crippen molar-refractivity contribution in [1.29, 1.82) is 0 Å². The van der Waals surface area contributed by atoms with E-state index in [1.54, 1.807) is 30.5 Å². The number of anilines is 1. The monoisotopic (exact) mass is 299 g/mol. The van der Waals surface area contributed by atoms with Crippen LogP contribution in [0, 0.1) is 0 Å². The molecule has 0 saturated heterocycles. The minimum atomic E-state index is -0.218. The van der Waals surface area contributed by atoms with Gasteiger partial charge in [-0.2, -0.15) is 0 Å². The predicted octanol–water partition coefficient (Wildman–Crippen LogP) is 2.40. The first-order chi connectivity index (χ1) is 10.7. The van der Waals surface area contributed by atoms with E-state index in [2.05, 4.69) is 15.3 Å². The zero-order valence-corrected chi connectivity index (χ0v) is 12.3. The van der Waals surface area contributed by atoms with E-state index in [9.17, 15) is 4.79 Å². The van der Waals surface area contributed by atoms with E-state index in [1.807, 2.05) is 6.92 Å². The van der Waals surface area contributed by atoms with E-state index in [0.29, 0.717) is 30.4 Å². The lowest BCUT2D eigenvalue weighted by Gasteiger charge is -2.18. The maximum atomic E-state index is 11.9. The Morgan fingerprint density at radius 1 is 1.36 bits per heavy atom. The topological polar surface area (TPSA) is 76.2 Å². The van der Waals surface area contributed by atoms with Gasteiger partial charge in [-0.15, -0.1) is 0 Å². The second kappa shape index (κ2) is 6.34. The molecular formula is C16H17N3O3. The zero-order chi connectivity index (χ0) is 15.4. The van der Waals surface area contributed by atoms with Crippen molar-refractivity contribution in [3.8, 4) is 11.5 Å². The molecule has 0 atom stereocenters. The lowest BCUT2D eigenvalue weighted by Crippen LogP contribution is -2.16. The van der Waals surface area contributed by atoms with E-state index < -0.39 is 0 Å². The summed E-state index contributed by atoms with van der Waals surface area (Å²) in [5.74, 6) is 2.02. The fourth-order valence-corrected chi connectivity index (χ4v) is 2.11. The molecule has 0 unspecified atom stereocenters. The first kappa shape index (κ1) is 14.2. The number of H-pyrrole nitrogens is 1. The summed E-state index contributed by atoms with van der Waals surface area (Å²) in [7, 11) is 0. The third-order valence-electron chi connectivity index (χ3n) is 3.21. The van der Waals surface area contributed by atoms with Gasteiger partial charge in [0.2, 0.25) is 5.91 Å². The number of amides is 1. The number of aryl methyl sites for hydroxylation is 1. The van der Waals surface area contributed by atoms with Crippen LogP contribution in [0.25, 0.3) is 6.08 Å². The Balaban J connectivity index is 1.64. The molecule has 3 rings (SSSR count). The number of aromatic nitrogens is 2. The summed E-state index contributed by atoms with van der Waals surface area (Å²) in [6, 6.07) is 5.33. The molecular weight excluding hydrogens is 282 g/mol. The molecule has 1 aliphatic rings. The Bertz CT molecular complexity index is 706. The molecule has 2 aromatic rings. The molecule has 1 amide bonds. The fraction of sp³-hybridized carbons (Fsp3) is 0.250. The molecule has 22 heavy (non-hydrogen) atoms. The third kappa shape index (κ3) is 3.28. The summed E-state index contributed by atoms with van der Waals surface area (Å²) in [5.41, 5.74) is 1.46. The number of benzene rings is 1. The van der Waals surface area contributed by atoms with Gasteiger partial charge < -0.3 is 19.8 Å². The van der Waals surface area contributed by atoms with Crippen LogP contribution in [0.5, 0.6) is 11.5 Å². The largest absolute Gasteiger partial charge is 0.486 e. The predicted molar refractivity (Wildman–Crippen MR) is 83.1 cm³/mol. The molecule has 1 aromatic heterocycles. The Hall–Kier alpha value is -2.76. The summed E-state index contributed by atoms with van der Waals surface area (Å²) in [5, 5.41) is 2.79. The maximum Gasteiger partial charge on any atom is 0.248 e. The number of nitrogens with one attached hydrogen (secondary N) is 2. The average Bonchev–Trinajstić information content (AvgIpc) is 3.01. The summed E-state index contributed by atoms with van der Waals surface area (Å²) in [4.78, 5) is 19.2. The second-order valence-corrected chi connectivity index (χ2v) is 4.82. The van der Waals surface area contributed by atoms with Gasteiger partial charge in [-0.1, -0.05) is 6.92 Å². The van der Waals surface area contributed by atoms with Gasteiger partial charge in [0.05, 0.1) is 11.9 Å². The number of nitrogens with zero attached hydrogens (tertiary/aromatic N) is 1. The minimum Gasteiger partial charge on any atom is -0.486 e. The number of carbonyl (C=O) groups excluding carboxylic acids is 1. The highest BCUT2D eigenvalue weighted by atomic mass is 16.6. The normalized spacial score (nSPS) is 13.3. The minimum absolute atomic E-state index is 0.218. The van der Waals surface area contributed by atoms with E-state index in [1.165, 1.54) is 6.08 Å². The van der Waals surface area contributed by atoms with E-state index >= 15 is 0 Å². The van der Waals surface area contributed by atoms with Gasteiger partial charge in [-0.25, -0.2) is 4.98 Å². The number of aromatic amines is 1. The number of hydrogen-bond donors (Lipinski definition) is 2. The number of ether oxygens (including phenoxy) is 2. The number of imidazole rings is 1. The number of fused-ring (bicyclic) bond motifs is 1. The second-order valence-electron chi connectivity index (χ2n) is 4.82. The van der Waals surface area contributed by atoms with Crippen molar-refractivity contribution in [2.24, 2.45) is 0 Å². The Morgan fingerprint density at radius 2 is 2.18 bits per heavy atom. The van der Waals surface area contributed by atoms with Gasteiger partial charge in [-0.05, 0) is 18.2 Å². The quantitative estimate of drug-likeness (QED) is 0.850. The van der Waals surface area contributed by atoms with Crippen molar-refractivity contribution < 1.29 is 14.3 Å². The molecule has 0 bridgehead atoms. The Kier molecular flexibility index (Phi) is 4.09. The van der Waals surface area contributed by atoms with Gasteiger partial charge in [-0.3, -0.25) is 4.79 Å². The average molecular weight is 299 g/mol. The van der Waals surface area contributed by atoms with Crippen LogP contribution in [-0.4, -0.2) is 29.1 Å². The highest BCUT2D eigenvalue weighted by molar-refractivity contribution is 6.01. The standard InChI is InChI=1S/C16H17N3O3/c1-2-15-17-10-12(18-15)4-6-16(20)19-11-3-5-13-14(9-11)22-8-7-21-13/h3-6,9-10H,2,7-8H2,1H3,(H,17,18)(H,19,20)/b6-4+. The third-order valence-corrected chi connectivity index (χ3v) is 3.21. The maximum absolute atomic E-state index is 11.9. The van der Waals surface area contributed by atoms with Gasteiger partial charge in [0.25, 0.3) is 0 Å². The van der Waals surface area contributed by atoms with Crippen LogP contribution in [0.2, 0.25) is 0 Å². The highest BCUT2D eigenvalue weighted by Crippen LogP contribution is 2.32. The lowest BCUT2D eigenvalue weighted by atomic mass is 10.2. The van der Waals surface area contributed by atoms with E-state index in [-0.39, 0.29) is 5.91 Å². The summed E-state index contributed by atoms with van der Waals surface area (Å²) >= 11 is 0. The lowest BCUT2D eigenvalue weighted by molar-refractivity contribution is -0.111. The van der Waals surface area contributed by atoms with E-state index in [0.717, 1.165) is 17.9 Å². The first-order valence-corrected chi connectivity index (χ1v) is 7.17. The van der Waals surface area contributed by atoms with Crippen LogP contribution < -0.4 is 14.8 Å². The molecule has 6 heteroatoms. The highest BCUT2D eigenvalue weighted by Gasteiger charge is 2.12. The van der Waals surface area contributed by atoms with Gasteiger partial charge >= 0.3 is 0 Å². The van der Waals surface area contributed by atoms with Crippen LogP contribution in [-0.2, 0) is 11.2 Å². The molecule has 6 nitrogen and oxygen atoms in total. The SMILES string of the molecule is CCc1ncc(/C=C/C(=O)Nc2ccc3c(c2)OCCO3)[nH]1. The number of rotatable bonds is 4. The van der Waals surface area contributed by atoms with Crippen LogP contribution in [0.1, 0.15) is 18.4 Å². The molecule has 0 radical (unpaired) electrons. The van der Waals surface area contributed by atoms with Gasteiger partial charge in [0.1, 0.15) is 19.0 Å². The summed E-state index contributed by atoms with van der Waals surface area (Å²) in [6.07, 6.45) is 5.69. The van der Waals surface area contributed by atoms with Gasteiger partial charge in [0, 0.05) is 24.3 Å². The van der Waals surface area contributed by atoms with Crippen LogP contribution >= 0.6 is 0 Å². The van der Waals surface area contributed by atoms with Crippen molar-refractivity contribution in [3.05, 3.63) is 42.0 Å². The Labute approximate surface area is 128 Å². The number of carbonyl (C=O) groups is 1. The van der Waals surface area contributed by atoms with E-state index in [4.69, 9.17) is 9.47 Å². The van der Waals surface area contributed by atoms with Crippen molar-refractivity contribution in [1.82, 2.24) is 9.97 Å². The van der Waals surface area contributed by atoms with Crippen LogP contribution in [0.15, 0.2) is 30.5 Å². The number of hydrogen-bond acceptors (Lipinski definition) is 4. The van der Waals surface area contributed by atoms with Crippen LogP contribution in [0.3, 0.4) is 0 Å². The molecule has 0 fully saturated rings. The first-order valence-electron chi connectivity index (χ1n) is 7.17. The molecule has 1 aliphatic heterocycles. The summed E-state index contributed by atoms with van der Waals surface area (Å²) in [6.45, 7) is 3.08. The zero-order valence-electron chi connectivity index (χ0n) is 12.3. The van der Waals surface area contributed by atoms with Crippen molar-refractivity contribution in [2.45, 2.75) is 13.3 Å². The molecule has 114 valence electrons. The Morgan fingerprint density at radius 3 is 2.95 bits per heavy atom. The molecule has 0 saturated carbocycles. The smallest absolute Gasteiger partial charge is 0.248 e.